The molecule has 2 aromatic rings. The van der Waals surface area contributed by atoms with Crippen molar-refractivity contribution in [3.05, 3.63) is 53.6 Å². The van der Waals surface area contributed by atoms with Gasteiger partial charge in [-0.15, -0.1) is 0 Å². The van der Waals surface area contributed by atoms with Crippen molar-refractivity contribution in [3.8, 4) is 0 Å². The molecule has 0 bridgehead atoms. The fourth-order valence-corrected chi connectivity index (χ4v) is 2.39. The van der Waals surface area contributed by atoms with Gasteiger partial charge >= 0.3 is 0 Å². The number of imidazole rings is 1. The van der Waals surface area contributed by atoms with Crippen LogP contribution < -0.4 is 5.32 Å². The van der Waals surface area contributed by atoms with Crippen LogP contribution in [0.5, 0.6) is 0 Å². The van der Waals surface area contributed by atoms with Gasteiger partial charge in [0.2, 0.25) is 0 Å². The van der Waals surface area contributed by atoms with Crippen LogP contribution in [0, 0.1) is 12.3 Å². The first-order chi connectivity index (χ1) is 8.98. The third kappa shape index (κ3) is 3.44. The zero-order valence-electron chi connectivity index (χ0n) is 12.2. The minimum absolute atomic E-state index is 0.151. The summed E-state index contributed by atoms with van der Waals surface area (Å²) in [5.74, 6) is 0.975. The zero-order valence-corrected chi connectivity index (χ0v) is 12.2. The summed E-state index contributed by atoms with van der Waals surface area (Å²) in [5.41, 5.74) is 2.84. The molecule has 1 heterocycles. The van der Waals surface area contributed by atoms with E-state index in [-0.39, 0.29) is 5.41 Å². The summed E-state index contributed by atoms with van der Waals surface area (Å²) < 4.78 is 0. The van der Waals surface area contributed by atoms with Crippen molar-refractivity contribution >= 4 is 0 Å². The SMILES string of the molecule is Cc1ccccc1[C@H](NCc1ncc[nH]1)C(C)(C)C. The van der Waals surface area contributed by atoms with Crippen LogP contribution in [0.2, 0.25) is 0 Å². The Bertz CT molecular complexity index is 509. The van der Waals surface area contributed by atoms with Gasteiger partial charge in [0.25, 0.3) is 0 Å². The Kier molecular flexibility index (Phi) is 4.05. The van der Waals surface area contributed by atoms with Crippen LogP contribution >= 0.6 is 0 Å². The maximum absolute atomic E-state index is 4.27. The topological polar surface area (TPSA) is 40.7 Å². The lowest BCUT2D eigenvalue weighted by molar-refractivity contribution is 0.268. The average Bonchev–Trinajstić information content (AvgIpc) is 2.83. The van der Waals surface area contributed by atoms with Gasteiger partial charge in [-0.05, 0) is 23.5 Å². The second-order valence-corrected chi connectivity index (χ2v) is 6.07. The fraction of sp³-hybridized carbons (Fsp3) is 0.438. The highest BCUT2D eigenvalue weighted by molar-refractivity contribution is 5.30. The molecule has 0 spiro atoms. The van der Waals surface area contributed by atoms with Gasteiger partial charge in [-0.2, -0.15) is 0 Å². The molecule has 0 fully saturated rings. The third-order valence-electron chi connectivity index (χ3n) is 3.39. The van der Waals surface area contributed by atoms with Crippen LogP contribution in [0.4, 0.5) is 0 Å². The Morgan fingerprint density at radius 2 is 2.00 bits per heavy atom. The van der Waals surface area contributed by atoms with Gasteiger partial charge in [0.05, 0.1) is 6.54 Å². The number of rotatable bonds is 4. The number of H-pyrrole nitrogens is 1. The molecule has 1 aromatic heterocycles. The van der Waals surface area contributed by atoms with Crippen molar-refractivity contribution in [1.29, 1.82) is 0 Å². The molecule has 0 aliphatic rings. The van der Waals surface area contributed by atoms with Crippen LogP contribution in [0.1, 0.15) is 43.8 Å². The quantitative estimate of drug-likeness (QED) is 0.878. The second kappa shape index (κ2) is 5.57. The molecule has 0 aliphatic heterocycles. The smallest absolute Gasteiger partial charge is 0.120 e. The first kappa shape index (κ1) is 13.8. The van der Waals surface area contributed by atoms with Gasteiger partial charge in [0.1, 0.15) is 5.82 Å². The molecule has 2 rings (SSSR count). The first-order valence-corrected chi connectivity index (χ1v) is 6.75. The summed E-state index contributed by atoms with van der Waals surface area (Å²) in [4.78, 5) is 7.40. The molecule has 3 nitrogen and oxygen atoms in total. The van der Waals surface area contributed by atoms with Gasteiger partial charge in [-0.25, -0.2) is 4.98 Å². The number of nitrogens with one attached hydrogen (secondary N) is 2. The number of aromatic nitrogens is 2. The maximum Gasteiger partial charge on any atom is 0.120 e. The van der Waals surface area contributed by atoms with Gasteiger partial charge in [0.15, 0.2) is 0 Å². The molecular formula is C16H23N3. The molecule has 3 heteroatoms. The molecule has 102 valence electrons. The van der Waals surface area contributed by atoms with E-state index in [1.54, 1.807) is 6.20 Å². The standard InChI is InChI=1S/C16H23N3/c1-12-7-5-6-8-13(12)15(16(2,3)4)19-11-14-17-9-10-18-14/h5-10,15,19H,11H2,1-4H3,(H,17,18)/t15-/m0/s1. The molecule has 1 atom stereocenters. The van der Waals surface area contributed by atoms with Crippen molar-refractivity contribution in [3.63, 3.8) is 0 Å². The van der Waals surface area contributed by atoms with E-state index in [4.69, 9.17) is 0 Å². The maximum atomic E-state index is 4.27. The van der Waals surface area contributed by atoms with E-state index in [1.807, 2.05) is 6.20 Å². The molecule has 0 saturated heterocycles. The van der Waals surface area contributed by atoms with E-state index in [0.29, 0.717) is 6.04 Å². The van der Waals surface area contributed by atoms with Crippen LogP contribution in [-0.2, 0) is 6.54 Å². The summed E-state index contributed by atoms with van der Waals surface area (Å²) >= 11 is 0. The van der Waals surface area contributed by atoms with E-state index in [2.05, 4.69) is 67.2 Å². The van der Waals surface area contributed by atoms with Crippen LogP contribution in [0.3, 0.4) is 0 Å². The van der Waals surface area contributed by atoms with Crippen LogP contribution in [0.15, 0.2) is 36.7 Å². The summed E-state index contributed by atoms with van der Waals surface area (Å²) in [6.07, 6.45) is 3.65. The Labute approximate surface area is 115 Å². The monoisotopic (exact) mass is 257 g/mol. The van der Waals surface area contributed by atoms with Gasteiger partial charge in [-0.1, -0.05) is 45.0 Å². The Hall–Kier alpha value is -1.61. The van der Waals surface area contributed by atoms with E-state index in [0.717, 1.165) is 12.4 Å². The highest BCUT2D eigenvalue weighted by Gasteiger charge is 2.26. The lowest BCUT2D eigenvalue weighted by Crippen LogP contribution is -2.32. The summed E-state index contributed by atoms with van der Waals surface area (Å²) in [7, 11) is 0. The van der Waals surface area contributed by atoms with Gasteiger partial charge < -0.3 is 10.3 Å². The first-order valence-electron chi connectivity index (χ1n) is 6.75. The lowest BCUT2D eigenvalue weighted by atomic mass is 9.81. The summed E-state index contributed by atoms with van der Waals surface area (Å²) in [5, 5.41) is 3.63. The highest BCUT2D eigenvalue weighted by Crippen LogP contribution is 2.34. The molecule has 0 saturated carbocycles. The van der Waals surface area contributed by atoms with Crippen LogP contribution in [0.25, 0.3) is 0 Å². The largest absolute Gasteiger partial charge is 0.348 e. The molecule has 1 aromatic carbocycles. The molecule has 2 N–H and O–H groups in total. The van der Waals surface area contributed by atoms with Crippen molar-refractivity contribution in [2.45, 2.75) is 40.3 Å². The molecule has 19 heavy (non-hydrogen) atoms. The van der Waals surface area contributed by atoms with Crippen molar-refractivity contribution in [2.24, 2.45) is 5.41 Å². The van der Waals surface area contributed by atoms with Crippen molar-refractivity contribution < 1.29 is 0 Å². The minimum Gasteiger partial charge on any atom is -0.348 e. The molecule has 0 unspecified atom stereocenters. The van der Waals surface area contributed by atoms with E-state index >= 15 is 0 Å². The number of nitrogens with zero attached hydrogens (tertiary/aromatic N) is 1. The Morgan fingerprint density at radius 3 is 2.58 bits per heavy atom. The predicted molar refractivity (Wildman–Crippen MR) is 78.8 cm³/mol. The number of hydrogen-bond acceptors (Lipinski definition) is 2. The number of aryl methyl sites for hydroxylation is 1. The average molecular weight is 257 g/mol. The molecule has 0 radical (unpaired) electrons. The van der Waals surface area contributed by atoms with E-state index in [9.17, 15) is 0 Å². The van der Waals surface area contributed by atoms with Gasteiger partial charge in [0, 0.05) is 18.4 Å². The van der Waals surface area contributed by atoms with Gasteiger partial charge in [-0.3, -0.25) is 0 Å². The number of aromatic amines is 1. The van der Waals surface area contributed by atoms with Crippen molar-refractivity contribution in [1.82, 2.24) is 15.3 Å². The molecule has 0 amide bonds. The lowest BCUT2D eigenvalue weighted by Gasteiger charge is -2.33. The van der Waals surface area contributed by atoms with Crippen molar-refractivity contribution in [2.75, 3.05) is 0 Å². The normalized spacial score (nSPS) is 13.5. The molecule has 0 aliphatic carbocycles. The molecular weight excluding hydrogens is 234 g/mol. The third-order valence-corrected chi connectivity index (χ3v) is 3.39. The summed E-state index contributed by atoms with van der Waals surface area (Å²) in [6, 6.07) is 8.88. The second-order valence-electron chi connectivity index (χ2n) is 6.07. The van der Waals surface area contributed by atoms with E-state index < -0.39 is 0 Å². The van der Waals surface area contributed by atoms with E-state index in [1.165, 1.54) is 11.1 Å². The Balaban J connectivity index is 2.20. The summed E-state index contributed by atoms with van der Waals surface area (Å²) in [6.45, 7) is 9.71. The number of hydrogen-bond donors (Lipinski definition) is 2. The number of benzene rings is 1. The fourth-order valence-electron chi connectivity index (χ4n) is 2.39. The van der Waals surface area contributed by atoms with Crippen LogP contribution in [-0.4, -0.2) is 9.97 Å². The predicted octanol–water partition coefficient (Wildman–Crippen LogP) is 3.60. The minimum atomic E-state index is 0.151. The zero-order chi connectivity index (χ0) is 13.9. The Morgan fingerprint density at radius 1 is 1.26 bits per heavy atom. The highest BCUT2D eigenvalue weighted by atomic mass is 15.0.